The molecule has 2 fully saturated rings. The lowest BCUT2D eigenvalue weighted by Gasteiger charge is -2.35. The number of halogens is 3. The Morgan fingerprint density at radius 1 is 1.00 bits per heavy atom. The summed E-state index contributed by atoms with van der Waals surface area (Å²) in [5, 5.41) is 0. The SMILES string of the molecule is O=S(=O)(c1ccc(C(F)(F)F)cc1)N(CCN1CCOCC1)C1CCOCC1. The third-order valence-electron chi connectivity index (χ3n) is 5.13. The van der Waals surface area contributed by atoms with E-state index in [0.29, 0.717) is 45.8 Å². The van der Waals surface area contributed by atoms with Crippen molar-refractivity contribution in [3.05, 3.63) is 29.8 Å². The Kier molecular flexibility index (Phi) is 6.98. The molecule has 2 aliphatic heterocycles. The Morgan fingerprint density at radius 3 is 2.14 bits per heavy atom. The van der Waals surface area contributed by atoms with Crippen LogP contribution in [0.1, 0.15) is 18.4 Å². The van der Waals surface area contributed by atoms with Crippen LogP contribution >= 0.6 is 0 Å². The molecule has 0 radical (unpaired) electrons. The predicted molar refractivity (Wildman–Crippen MR) is 96.4 cm³/mol. The average molecular weight is 422 g/mol. The summed E-state index contributed by atoms with van der Waals surface area (Å²) in [7, 11) is -3.91. The Bertz CT molecular complexity index is 728. The van der Waals surface area contributed by atoms with Crippen molar-refractivity contribution in [3.63, 3.8) is 0 Å². The third-order valence-corrected chi connectivity index (χ3v) is 7.09. The van der Waals surface area contributed by atoms with Crippen LogP contribution in [0.5, 0.6) is 0 Å². The second kappa shape index (κ2) is 9.08. The lowest BCUT2D eigenvalue weighted by molar-refractivity contribution is -0.137. The lowest BCUT2D eigenvalue weighted by Crippen LogP contribution is -2.48. The van der Waals surface area contributed by atoms with E-state index >= 15 is 0 Å². The minimum absolute atomic E-state index is 0.117. The maximum absolute atomic E-state index is 13.2. The molecule has 0 N–H and O–H groups in total. The van der Waals surface area contributed by atoms with E-state index in [9.17, 15) is 21.6 Å². The molecule has 0 amide bonds. The van der Waals surface area contributed by atoms with Gasteiger partial charge in [-0.3, -0.25) is 4.90 Å². The molecule has 10 heteroatoms. The first-order valence-corrected chi connectivity index (χ1v) is 10.8. The van der Waals surface area contributed by atoms with Crippen molar-refractivity contribution in [2.24, 2.45) is 0 Å². The molecule has 1 aromatic rings. The molecule has 28 heavy (non-hydrogen) atoms. The van der Waals surface area contributed by atoms with Crippen LogP contribution in [0.15, 0.2) is 29.2 Å². The first-order valence-electron chi connectivity index (χ1n) is 9.35. The fourth-order valence-corrected chi connectivity index (χ4v) is 5.16. The number of rotatable bonds is 6. The normalized spacial score (nSPS) is 20.6. The molecule has 3 rings (SSSR count). The van der Waals surface area contributed by atoms with Gasteiger partial charge in [0.15, 0.2) is 0 Å². The van der Waals surface area contributed by atoms with Gasteiger partial charge in [-0.1, -0.05) is 0 Å². The molecule has 6 nitrogen and oxygen atoms in total. The summed E-state index contributed by atoms with van der Waals surface area (Å²) in [6.07, 6.45) is -3.36. The van der Waals surface area contributed by atoms with E-state index in [1.54, 1.807) is 0 Å². The smallest absolute Gasteiger partial charge is 0.381 e. The number of nitrogens with zero attached hydrogens (tertiary/aromatic N) is 2. The van der Waals surface area contributed by atoms with Crippen molar-refractivity contribution >= 4 is 10.0 Å². The Hall–Kier alpha value is -1.20. The number of sulfonamides is 1. The van der Waals surface area contributed by atoms with Gasteiger partial charge in [0.2, 0.25) is 10.0 Å². The van der Waals surface area contributed by atoms with Crippen LogP contribution in [0.4, 0.5) is 13.2 Å². The Balaban J connectivity index is 1.80. The zero-order valence-corrected chi connectivity index (χ0v) is 16.3. The van der Waals surface area contributed by atoms with E-state index in [1.165, 1.54) is 4.31 Å². The highest BCUT2D eigenvalue weighted by atomic mass is 32.2. The molecule has 0 aromatic heterocycles. The zero-order chi connectivity index (χ0) is 20.2. The molecule has 158 valence electrons. The van der Waals surface area contributed by atoms with Crippen molar-refractivity contribution in [1.82, 2.24) is 9.21 Å². The zero-order valence-electron chi connectivity index (χ0n) is 15.5. The van der Waals surface area contributed by atoms with Gasteiger partial charge in [-0.2, -0.15) is 17.5 Å². The minimum atomic E-state index is -4.50. The van der Waals surface area contributed by atoms with E-state index in [1.807, 2.05) is 0 Å². The van der Waals surface area contributed by atoms with Crippen LogP contribution in [0.3, 0.4) is 0 Å². The molecular weight excluding hydrogens is 397 g/mol. The molecule has 0 bridgehead atoms. The summed E-state index contributed by atoms with van der Waals surface area (Å²) < 4.78 is 77.0. The molecule has 0 aliphatic carbocycles. The summed E-state index contributed by atoms with van der Waals surface area (Å²) >= 11 is 0. The quantitative estimate of drug-likeness (QED) is 0.704. The first kappa shape index (κ1) is 21.5. The predicted octanol–water partition coefficient (Wildman–Crippen LogP) is 2.21. The maximum Gasteiger partial charge on any atom is 0.416 e. The lowest BCUT2D eigenvalue weighted by atomic mass is 10.1. The van der Waals surface area contributed by atoms with Crippen molar-refractivity contribution < 1.29 is 31.1 Å². The summed E-state index contributed by atoms with van der Waals surface area (Å²) in [5.41, 5.74) is -0.864. The second-order valence-electron chi connectivity index (χ2n) is 6.94. The van der Waals surface area contributed by atoms with Gasteiger partial charge in [0.05, 0.1) is 23.7 Å². The highest BCUT2D eigenvalue weighted by Gasteiger charge is 2.34. The molecule has 2 saturated heterocycles. The van der Waals surface area contributed by atoms with Gasteiger partial charge in [-0.25, -0.2) is 8.42 Å². The van der Waals surface area contributed by atoms with E-state index in [-0.39, 0.29) is 17.5 Å². The number of benzene rings is 1. The van der Waals surface area contributed by atoms with Crippen LogP contribution in [-0.2, 0) is 25.7 Å². The Morgan fingerprint density at radius 2 is 1.57 bits per heavy atom. The minimum Gasteiger partial charge on any atom is -0.381 e. The fourth-order valence-electron chi connectivity index (χ4n) is 3.49. The van der Waals surface area contributed by atoms with E-state index in [4.69, 9.17) is 9.47 Å². The monoisotopic (exact) mass is 422 g/mol. The molecule has 0 atom stereocenters. The molecule has 0 unspecified atom stereocenters. The van der Waals surface area contributed by atoms with Crippen LogP contribution in [-0.4, -0.2) is 76.3 Å². The average Bonchev–Trinajstić information content (AvgIpc) is 2.69. The van der Waals surface area contributed by atoms with E-state index in [0.717, 1.165) is 37.4 Å². The van der Waals surface area contributed by atoms with Crippen LogP contribution < -0.4 is 0 Å². The number of morpholine rings is 1. The fraction of sp³-hybridized carbons (Fsp3) is 0.667. The van der Waals surface area contributed by atoms with Gasteiger partial charge in [0.1, 0.15) is 0 Å². The highest BCUT2D eigenvalue weighted by molar-refractivity contribution is 7.89. The third kappa shape index (κ3) is 5.24. The van der Waals surface area contributed by atoms with Gasteiger partial charge < -0.3 is 9.47 Å². The standard InChI is InChI=1S/C18H25F3N2O4S/c19-18(20,21)15-1-3-17(4-2-15)28(24,25)23(16-5-11-26-12-6-16)8-7-22-9-13-27-14-10-22/h1-4,16H,5-14H2. The molecule has 1 aromatic carbocycles. The number of alkyl halides is 3. The summed E-state index contributed by atoms with van der Waals surface area (Å²) in [4.78, 5) is 2.02. The van der Waals surface area contributed by atoms with Gasteiger partial charge in [-0.05, 0) is 37.1 Å². The van der Waals surface area contributed by atoms with Crippen molar-refractivity contribution in [2.75, 3.05) is 52.6 Å². The van der Waals surface area contributed by atoms with Gasteiger partial charge in [0.25, 0.3) is 0 Å². The van der Waals surface area contributed by atoms with Crippen LogP contribution in [0, 0.1) is 0 Å². The number of hydrogen-bond acceptors (Lipinski definition) is 5. The van der Waals surface area contributed by atoms with Crippen molar-refractivity contribution in [3.8, 4) is 0 Å². The summed E-state index contributed by atoms with van der Waals surface area (Å²) in [6, 6.07) is 3.49. The Labute approximate surface area is 163 Å². The van der Waals surface area contributed by atoms with E-state index < -0.39 is 21.8 Å². The highest BCUT2D eigenvalue weighted by Crippen LogP contribution is 2.31. The summed E-state index contributed by atoms with van der Waals surface area (Å²) in [6.45, 7) is 4.49. The molecule has 0 spiro atoms. The second-order valence-corrected chi connectivity index (χ2v) is 8.83. The van der Waals surface area contributed by atoms with Gasteiger partial charge in [0, 0.05) is 45.4 Å². The molecular formula is C18H25F3N2O4S. The van der Waals surface area contributed by atoms with Crippen LogP contribution in [0.25, 0.3) is 0 Å². The van der Waals surface area contributed by atoms with Crippen molar-refractivity contribution in [2.45, 2.75) is 30.0 Å². The molecule has 2 heterocycles. The number of ether oxygens (including phenoxy) is 2. The maximum atomic E-state index is 13.2. The first-order chi connectivity index (χ1) is 13.3. The summed E-state index contributed by atoms with van der Waals surface area (Å²) in [5.74, 6) is 0. The molecule has 2 aliphatic rings. The number of hydrogen-bond donors (Lipinski definition) is 0. The van der Waals surface area contributed by atoms with Crippen molar-refractivity contribution in [1.29, 1.82) is 0 Å². The topological polar surface area (TPSA) is 59.1 Å². The van der Waals surface area contributed by atoms with Crippen LogP contribution in [0.2, 0.25) is 0 Å². The molecule has 0 saturated carbocycles. The van der Waals surface area contributed by atoms with E-state index in [2.05, 4.69) is 4.90 Å². The largest absolute Gasteiger partial charge is 0.416 e. The van der Waals surface area contributed by atoms with Gasteiger partial charge >= 0.3 is 6.18 Å². The van der Waals surface area contributed by atoms with Gasteiger partial charge in [-0.15, -0.1) is 0 Å².